The summed E-state index contributed by atoms with van der Waals surface area (Å²) in [5.74, 6) is 1.09. The van der Waals surface area contributed by atoms with E-state index in [1.54, 1.807) is 16.8 Å². The van der Waals surface area contributed by atoms with E-state index in [1.807, 2.05) is 36.4 Å². The molecule has 0 bridgehead atoms. The maximum absolute atomic E-state index is 10.2. The van der Waals surface area contributed by atoms with Gasteiger partial charge in [-0.2, -0.15) is 0 Å². The van der Waals surface area contributed by atoms with Crippen LogP contribution in [-0.2, 0) is 6.54 Å². The van der Waals surface area contributed by atoms with E-state index in [0.29, 0.717) is 18.2 Å². The van der Waals surface area contributed by atoms with Gasteiger partial charge in [-0.3, -0.25) is 0 Å². The zero-order valence-electron chi connectivity index (χ0n) is 13.2. The van der Waals surface area contributed by atoms with Crippen LogP contribution in [0, 0.1) is 0 Å². The van der Waals surface area contributed by atoms with Crippen LogP contribution in [0.2, 0.25) is 0 Å². The van der Waals surface area contributed by atoms with Crippen molar-refractivity contribution in [3.8, 4) is 17.2 Å². The molecule has 0 radical (unpaired) electrons. The van der Waals surface area contributed by atoms with Gasteiger partial charge >= 0.3 is 0 Å². The van der Waals surface area contributed by atoms with Crippen molar-refractivity contribution in [2.24, 2.45) is 0 Å². The Morgan fingerprint density at radius 3 is 2.72 bits per heavy atom. The number of nitrogens with zero attached hydrogens (tertiary/aromatic N) is 5. The molecular weight excluding hydrogens is 322 g/mol. The summed E-state index contributed by atoms with van der Waals surface area (Å²) in [6, 6.07) is 14.8. The van der Waals surface area contributed by atoms with Crippen LogP contribution in [0.25, 0.3) is 22.5 Å². The Balaban J connectivity index is 1.36. The summed E-state index contributed by atoms with van der Waals surface area (Å²) >= 11 is 0. The van der Waals surface area contributed by atoms with Gasteiger partial charge in [-0.15, -0.1) is 15.3 Å². The molecule has 0 spiro atoms. The lowest BCUT2D eigenvalue weighted by molar-refractivity contribution is 0.0899. The number of aliphatic hydroxyl groups excluding tert-OH is 1. The Morgan fingerprint density at radius 2 is 1.92 bits per heavy atom. The number of fused-ring (bicyclic) bond motifs is 1. The number of rotatable bonds is 6. The topological polar surface area (TPSA) is 99.1 Å². The molecule has 1 N–H and O–H groups in total. The lowest BCUT2D eigenvalue weighted by Gasteiger charge is -2.12. The number of para-hydroxylation sites is 1. The third-order valence-electron chi connectivity index (χ3n) is 3.71. The van der Waals surface area contributed by atoms with Gasteiger partial charge in [-0.1, -0.05) is 17.3 Å². The second kappa shape index (κ2) is 6.70. The minimum absolute atomic E-state index is 0.147. The van der Waals surface area contributed by atoms with Crippen LogP contribution in [-0.4, -0.2) is 43.0 Å². The van der Waals surface area contributed by atoms with E-state index in [-0.39, 0.29) is 6.61 Å². The summed E-state index contributed by atoms with van der Waals surface area (Å²) in [6.45, 7) is 0.453. The first-order chi connectivity index (χ1) is 12.3. The average Bonchev–Trinajstić information content (AvgIpc) is 3.31. The summed E-state index contributed by atoms with van der Waals surface area (Å²) in [7, 11) is 0. The van der Waals surface area contributed by atoms with Gasteiger partial charge in [0.1, 0.15) is 24.0 Å². The van der Waals surface area contributed by atoms with E-state index in [1.165, 1.54) is 6.39 Å². The van der Waals surface area contributed by atoms with Crippen molar-refractivity contribution >= 4 is 11.0 Å². The summed E-state index contributed by atoms with van der Waals surface area (Å²) in [5, 5.41) is 25.8. The SMILES string of the molecule is O[C@H](COc1ccc(-c2nnco2)cc1)Cn1nnc2ccccc21. The lowest BCUT2D eigenvalue weighted by atomic mass is 10.2. The normalized spacial score (nSPS) is 12.4. The van der Waals surface area contributed by atoms with Crippen LogP contribution in [0.4, 0.5) is 0 Å². The van der Waals surface area contributed by atoms with Crippen LogP contribution in [0.3, 0.4) is 0 Å². The number of benzene rings is 2. The molecule has 126 valence electrons. The van der Waals surface area contributed by atoms with Crippen LogP contribution in [0.5, 0.6) is 5.75 Å². The molecular formula is C17H15N5O3. The maximum atomic E-state index is 10.2. The van der Waals surface area contributed by atoms with Crippen molar-refractivity contribution in [2.45, 2.75) is 12.6 Å². The molecule has 0 saturated carbocycles. The van der Waals surface area contributed by atoms with Gasteiger partial charge in [-0.25, -0.2) is 4.68 Å². The monoisotopic (exact) mass is 337 g/mol. The fraction of sp³-hybridized carbons (Fsp3) is 0.176. The second-order valence-electron chi connectivity index (χ2n) is 5.49. The number of aliphatic hydroxyl groups is 1. The van der Waals surface area contributed by atoms with Gasteiger partial charge in [0.05, 0.1) is 12.1 Å². The highest BCUT2D eigenvalue weighted by molar-refractivity contribution is 5.73. The van der Waals surface area contributed by atoms with Gasteiger partial charge in [0.25, 0.3) is 0 Å². The molecule has 8 heteroatoms. The van der Waals surface area contributed by atoms with E-state index in [2.05, 4.69) is 20.5 Å². The van der Waals surface area contributed by atoms with E-state index >= 15 is 0 Å². The molecule has 2 heterocycles. The minimum atomic E-state index is -0.708. The average molecular weight is 337 g/mol. The molecule has 0 unspecified atom stereocenters. The first-order valence-electron chi connectivity index (χ1n) is 7.75. The van der Waals surface area contributed by atoms with Crippen LogP contribution >= 0.6 is 0 Å². The molecule has 0 aliphatic heterocycles. The fourth-order valence-electron chi connectivity index (χ4n) is 2.49. The predicted molar refractivity (Wildman–Crippen MR) is 88.8 cm³/mol. The highest BCUT2D eigenvalue weighted by Gasteiger charge is 2.11. The highest BCUT2D eigenvalue weighted by Crippen LogP contribution is 2.20. The first-order valence-corrected chi connectivity index (χ1v) is 7.75. The number of hydrogen-bond acceptors (Lipinski definition) is 7. The second-order valence-corrected chi connectivity index (χ2v) is 5.49. The molecule has 1 atom stereocenters. The van der Waals surface area contributed by atoms with Gasteiger partial charge in [-0.05, 0) is 36.4 Å². The zero-order valence-corrected chi connectivity index (χ0v) is 13.2. The number of aromatic nitrogens is 5. The van der Waals surface area contributed by atoms with Crippen molar-refractivity contribution in [1.82, 2.24) is 25.2 Å². The molecule has 25 heavy (non-hydrogen) atoms. The molecule has 0 aliphatic carbocycles. The lowest BCUT2D eigenvalue weighted by Crippen LogP contribution is -2.24. The first kappa shape index (κ1) is 15.3. The standard InChI is InChI=1S/C17H15N5O3/c23-13(9-22-16-4-2-1-3-15(16)19-21-22)10-24-14-7-5-12(6-8-14)17-20-18-11-25-17/h1-8,11,13,23H,9-10H2/t13-/m0/s1. The molecule has 2 aromatic carbocycles. The number of hydrogen-bond donors (Lipinski definition) is 1. The zero-order chi connectivity index (χ0) is 17.1. The van der Waals surface area contributed by atoms with E-state index in [9.17, 15) is 5.11 Å². The summed E-state index contributed by atoms with van der Waals surface area (Å²) in [5.41, 5.74) is 2.48. The van der Waals surface area contributed by atoms with Gasteiger partial charge in [0.15, 0.2) is 0 Å². The van der Waals surface area contributed by atoms with Crippen molar-refractivity contribution in [1.29, 1.82) is 0 Å². The fourth-order valence-corrected chi connectivity index (χ4v) is 2.49. The van der Waals surface area contributed by atoms with E-state index in [0.717, 1.165) is 16.6 Å². The Bertz CT molecular complexity index is 950. The van der Waals surface area contributed by atoms with Crippen LogP contribution in [0.15, 0.2) is 59.3 Å². The third-order valence-corrected chi connectivity index (χ3v) is 3.71. The van der Waals surface area contributed by atoms with Gasteiger partial charge in [0, 0.05) is 5.56 Å². The van der Waals surface area contributed by atoms with Crippen LogP contribution in [0.1, 0.15) is 0 Å². The van der Waals surface area contributed by atoms with E-state index in [4.69, 9.17) is 9.15 Å². The Kier molecular flexibility index (Phi) is 4.09. The highest BCUT2D eigenvalue weighted by atomic mass is 16.5. The molecule has 0 fully saturated rings. The molecule has 4 rings (SSSR count). The quantitative estimate of drug-likeness (QED) is 0.574. The smallest absolute Gasteiger partial charge is 0.247 e. The maximum Gasteiger partial charge on any atom is 0.247 e. The van der Waals surface area contributed by atoms with Crippen molar-refractivity contribution in [2.75, 3.05) is 6.61 Å². The molecule has 2 aromatic heterocycles. The summed E-state index contributed by atoms with van der Waals surface area (Å²) in [4.78, 5) is 0. The largest absolute Gasteiger partial charge is 0.491 e. The molecule has 0 aliphatic rings. The summed E-state index contributed by atoms with van der Waals surface area (Å²) < 4.78 is 12.4. The Hall–Kier alpha value is -3.26. The van der Waals surface area contributed by atoms with Crippen molar-refractivity contribution < 1.29 is 14.3 Å². The molecule has 0 saturated heterocycles. The number of ether oxygens (including phenoxy) is 1. The summed E-state index contributed by atoms with van der Waals surface area (Å²) in [6.07, 6.45) is 0.574. The molecule has 8 nitrogen and oxygen atoms in total. The van der Waals surface area contributed by atoms with Gasteiger partial charge in [0.2, 0.25) is 12.3 Å². The van der Waals surface area contributed by atoms with Crippen LogP contribution < -0.4 is 4.74 Å². The predicted octanol–water partition coefficient (Wildman–Crippen LogP) is 1.92. The molecule has 0 amide bonds. The Morgan fingerprint density at radius 1 is 1.08 bits per heavy atom. The minimum Gasteiger partial charge on any atom is -0.491 e. The van der Waals surface area contributed by atoms with Gasteiger partial charge < -0.3 is 14.3 Å². The molecule has 4 aromatic rings. The van der Waals surface area contributed by atoms with Crippen molar-refractivity contribution in [3.63, 3.8) is 0 Å². The van der Waals surface area contributed by atoms with E-state index < -0.39 is 6.10 Å². The third kappa shape index (κ3) is 3.33. The van der Waals surface area contributed by atoms with Crippen molar-refractivity contribution in [3.05, 3.63) is 54.9 Å². The Labute approximate surface area is 142 Å².